The van der Waals surface area contributed by atoms with Gasteiger partial charge in [0, 0.05) is 13.2 Å². The lowest BCUT2D eigenvalue weighted by atomic mass is 9.95. The van der Waals surface area contributed by atoms with Gasteiger partial charge in [-0.3, -0.25) is 4.79 Å². The van der Waals surface area contributed by atoms with Gasteiger partial charge in [-0.1, -0.05) is 6.07 Å². The van der Waals surface area contributed by atoms with Crippen molar-refractivity contribution < 1.29 is 9.90 Å². The van der Waals surface area contributed by atoms with E-state index >= 15 is 0 Å². The Balaban J connectivity index is 1.81. The van der Waals surface area contributed by atoms with E-state index in [1.54, 1.807) is 11.3 Å². The molecular weight excluding hydrogens is 278 g/mol. The number of aliphatic hydroxyl groups excluding tert-OH is 1. The van der Waals surface area contributed by atoms with E-state index in [9.17, 15) is 4.79 Å². The van der Waals surface area contributed by atoms with Crippen molar-refractivity contribution in [2.75, 3.05) is 13.2 Å². The van der Waals surface area contributed by atoms with Crippen molar-refractivity contribution in [2.24, 2.45) is 0 Å². The van der Waals surface area contributed by atoms with Crippen molar-refractivity contribution in [3.8, 4) is 0 Å². The molecule has 0 fully saturated rings. The van der Waals surface area contributed by atoms with Crippen LogP contribution in [0.2, 0.25) is 0 Å². The van der Waals surface area contributed by atoms with Gasteiger partial charge in [0.2, 0.25) is 0 Å². The number of aliphatic hydroxyl groups is 1. The molecule has 2 N–H and O–H groups in total. The van der Waals surface area contributed by atoms with Crippen LogP contribution in [-0.2, 0) is 0 Å². The van der Waals surface area contributed by atoms with Crippen molar-refractivity contribution in [1.82, 2.24) is 5.32 Å². The zero-order valence-electron chi connectivity index (χ0n) is 10.5. The van der Waals surface area contributed by atoms with Crippen LogP contribution >= 0.6 is 22.7 Å². The summed E-state index contributed by atoms with van der Waals surface area (Å²) in [5.41, 5.74) is 1.25. The fourth-order valence-corrected chi connectivity index (χ4v) is 3.38. The number of carbonyl (C=O) groups is 1. The van der Waals surface area contributed by atoms with E-state index in [0.29, 0.717) is 12.5 Å². The molecule has 0 unspecified atom stereocenters. The second-order valence-electron chi connectivity index (χ2n) is 4.29. The summed E-state index contributed by atoms with van der Waals surface area (Å²) in [4.78, 5) is 12.5. The predicted octanol–water partition coefficient (Wildman–Crippen LogP) is 3.10. The fourth-order valence-electron chi connectivity index (χ4n) is 2.00. The Bertz CT molecular complexity index is 480. The molecule has 102 valence electrons. The van der Waals surface area contributed by atoms with Crippen LogP contribution in [0.4, 0.5) is 0 Å². The molecule has 1 atom stereocenters. The van der Waals surface area contributed by atoms with E-state index < -0.39 is 0 Å². The van der Waals surface area contributed by atoms with Gasteiger partial charge >= 0.3 is 0 Å². The van der Waals surface area contributed by atoms with Crippen LogP contribution in [0.25, 0.3) is 0 Å². The Morgan fingerprint density at radius 3 is 2.84 bits per heavy atom. The Morgan fingerprint density at radius 1 is 1.32 bits per heavy atom. The highest BCUT2D eigenvalue weighted by Crippen LogP contribution is 2.24. The molecule has 2 rings (SSSR count). The number of thiophene rings is 2. The SMILES string of the molecule is O=C(NCC[C@H](CCO)c1ccsc1)c1cccs1. The summed E-state index contributed by atoms with van der Waals surface area (Å²) in [5.74, 6) is 0.308. The molecule has 0 bridgehead atoms. The lowest BCUT2D eigenvalue weighted by Crippen LogP contribution is -2.25. The van der Waals surface area contributed by atoms with Crippen LogP contribution in [0, 0.1) is 0 Å². The molecule has 2 heterocycles. The minimum Gasteiger partial charge on any atom is -0.396 e. The number of hydrogen-bond acceptors (Lipinski definition) is 4. The zero-order valence-corrected chi connectivity index (χ0v) is 12.2. The van der Waals surface area contributed by atoms with Crippen LogP contribution in [0.15, 0.2) is 34.3 Å². The van der Waals surface area contributed by atoms with Crippen molar-refractivity contribution in [3.05, 3.63) is 44.8 Å². The topological polar surface area (TPSA) is 49.3 Å². The molecule has 0 saturated carbocycles. The molecule has 0 radical (unpaired) electrons. The van der Waals surface area contributed by atoms with Crippen LogP contribution < -0.4 is 5.32 Å². The summed E-state index contributed by atoms with van der Waals surface area (Å²) < 4.78 is 0. The van der Waals surface area contributed by atoms with Gasteiger partial charge < -0.3 is 10.4 Å². The van der Waals surface area contributed by atoms with Gasteiger partial charge in [0.15, 0.2) is 0 Å². The van der Waals surface area contributed by atoms with E-state index in [1.807, 2.05) is 22.9 Å². The Labute approximate surface area is 120 Å². The van der Waals surface area contributed by atoms with Crippen LogP contribution in [-0.4, -0.2) is 24.2 Å². The molecule has 0 saturated heterocycles. The van der Waals surface area contributed by atoms with Gasteiger partial charge in [-0.15, -0.1) is 11.3 Å². The molecule has 0 aliphatic heterocycles. The number of carbonyl (C=O) groups excluding carboxylic acids is 1. The van der Waals surface area contributed by atoms with Crippen molar-refractivity contribution >= 4 is 28.6 Å². The molecule has 0 spiro atoms. The molecule has 0 aliphatic rings. The largest absolute Gasteiger partial charge is 0.396 e. The standard InChI is InChI=1S/C14H17NO2S2/c16-7-4-11(12-5-9-18-10-12)3-6-15-14(17)13-2-1-8-19-13/h1-2,5,8-11,16H,3-4,6-7H2,(H,15,17)/t11-/m1/s1. The summed E-state index contributed by atoms with van der Waals surface area (Å²) in [6.45, 7) is 0.816. The van der Waals surface area contributed by atoms with E-state index in [4.69, 9.17) is 5.11 Å². The average molecular weight is 295 g/mol. The summed E-state index contributed by atoms with van der Waals surface area (Å²) in [6.07, 6.45) is 1.60. The second kappa shape index (κ2) is 7.43. The minimum atomic E-state index is -0.0110. The maximum atomic E-state index is 11.8. The fraction of sp³-hybridized carbons (Fsp3) is 0.357. The zero-order chi connectivity index (χ0) is 13.5. The molecule has 19 heavy (non-hydrogen) atoms. The van der Waals surface area contributed by atoms with E-state index in [2.05, 4.69) is 16.8 Å². The van der Waals surface area contributed by atoms with Gasteiger partial charge in [0.05, 0.1) is 4.88 Å². The van der Waals surface area contributed by atoms with Crippen molar-refractivity contribution in [1.29, 1.82) is 0 Å². The first-order valence-corrected chi connectivity index (χ1v) is 8.08. The van der Waals surface area contributed by atoms with Gasteiger partial charge in [-0.2, -0.15) is 11.3 Å². The number of nitrogens with one attached hydrogen (secondary N) is 1. The molecule has 5 heteroatoms. The minimum absolute atomic E-state index is 0.0110. The Hall–Kier alpha value is -1.17. The quantitative estimate of drug-likeness (QED) is 0.824. The van der Waals surface area contributed by atoms with E-state index in [1.165, 1.54) is 16.9 Å². The second-order valence-corrected chi connectivity index (χ2v) is 6.02. The summed E-state index contributed by atoms with van der Waals surface area (Å²) in [5, 5.41) is 18.1. The third kappa shape index (κ3) is 4.16. The third-order valence-corrected chi connectivity index (χ3v) is 4.59. The smallest absolute Gasteiger partial charge is 0.261 e. The first-order chi connectivity index (χ1) is 9.31. The molecule has 2 aromatic heterocycles. The lowest BCUT2D eigenvalue weighted by molar-refractivity contribution is 0.0956. The molecule has 0 aromatic carbocycles. The van der Waals surface area contributed by atoms with Gasteiger partial charge in [-0.05, 0) is 52.6 Å². The summed E-state index contributed by atoms with van der Waals surface area (Å²) >= 11 is 3.11. The third-order valence-electron chi connectivity index (χ3n) is 3.02. The van der Waals surface area contributed by atoms with Gasteiger partial charge in [0.25, 0.3) is 5.91 Å². The first kappa shape index (κ1) is 14.2. The molecule has 0 aliphatic carbocycles. The van der Waals surface area contributed by atoms with Crippen LogP contribution in [0.3, 0.4) is 0 Å². The summed E-state index contributed by atoms with van der Waals surface area (Å²) in [6, 6.07) is 5.79. The normalized spacial score (nSPS) is 12.3. The number of rotatable bonds is 7. The van der Waals surface area contributed by atoms with Crippen LogP contribution in [0.1, 0.15) is 34.0 Å². The predicted molar refractivity (Wildman–Crippen MR) is 80.0 cm³/mol. The average Bonchev–Trinajstić information content (AvgIpc) is 3.10. The van der Waals surface area contributed by atoms with Crippen molar-refractivity contribution in [3.63, 3.8) is 0 Å². The molecular formula is C14H17NO2S2. The van der Waals surface area contributed by atoms with E-state index in [-0.39, 0.29) is 12.5 Å². The van der Waals surface area contributed by atoms with Crippen molar-refractivity contribution in [2.45, 2.75) is 18.8 Å². The monoisotopic (exact) mass is 295 g/mol. The first-order valence-electron chi connectivity index (χ1n) is 6.26. The highest BCUT2D eigenvalue weighted by atomic mass is 32.1. The molecule has 3 nitrogen and oxygen atoms in total. The maximum absolute atomic E-state index is 11.8. The van der Waals surface area contributed by atoms with Gasteiger partial charge in [-0.25, -0.2) is 0 Å². The lowest BCUT2D eigenvalue weighted by Gasteiger charge is -2.14. The summed E-state index contributed by atoms with van der Waals surface area (Å²) in [7, 11) is 0. The number of amides is 1. The Morgan fingerprint density at radius 2 is 2.21 bits per heavy atom. The number of hydrogen-bond donors (Lipinski definition) is 2. The maximum Gasteiger partial charge on any atom is 0.261 e. The Kier molecular flexibility index (Phi) is 5.57. The molecule has 1 amide bonds. The van der Waals surface area contributed by atoms with Crippen LogP contribution in [0.5, 0.6) is 0 Å². The molecule has 2 aromatic rings. The van der Waals surface area contributed by atoms with E-state index in [0.717, 1.165) is 17.7 Å². The highest BCUT2D eigenvalue weighted by molar-refractivity contribution is 7.12. The highest BCUT2D eigenvalue weighted by Gasteiger charge is 2.12. The van der Waals surface area contributed by atoms with Gasteiger partial charge in [0.1, 0.15) is 0 Å².